The van der Waals surface area contributed by atoms with Crippen LogP contribution in [0.15, 0.2) is 24.3 Å². The Morgan fingerprint density at radius 2 is 2.00 bits per heavy atom. The van der Waals surface area contributed by atoms with Gasteiger partial charge in [-0.1, -0.05) is 29.8 Å². The number of carboxylic acid groups (broad SMARTS) is 1. The molecule has 110 valence electrons. The van der Waals surface area contributed by atoms with Crippen molar-refractivity contribution >= 4 is 5.97 Å². The molecule has 20 heavy (non-hydrogen) atoms. The molecule has 1 aromatic carbocycles. The largest absolute Gasteiger partial charge is 0.480 e. The van der Waals surface area contributed by atoms with E-state index in [1.165, 1.54) is 11.1 Å². The summed E-state index contributed by atoms with van der Waals surface area (Å²) >= 11 is 0. The first kappa shape index (κ1) is 15.0. The molecule has 1 aliphatic heterocycles. The zero-order chi connectivity index (χ0) is 14.7. The van der Waals surface area contributed by atoms with E-state index < -0.39 is 5.97 Å². The van der Waals surface area contributed by atoms with Gasteiger partial charge in [-0.15, -0.1) is 0 Å². The Morgan fingerprint density at radius 3 is 2.55 bits per heavy atom. The van der Waals surface area contributed by atoms with Gasteiger partial charge in [0.15, 0.2) is 0 Å². The number of hydrogen-bond acceptors (Lipinski definition) is 3. The molecule has 4 nitrogen and oxygen atoms in total. The second kappa shape index (κ2) is 6.37. The van der Waals surface area contributed by atoms with Crippen LogP contribution < -0.4 is 0 Å². The summed E-state index contributed by atoms with van der Waals surface area (Å²) in [5.41, 5.74) is 2.42. The number of rotatable bonds is 4. The molecule has 1 aliphatic rings. The van der Waals surface area contributed by atoms with Gasteiger partial charge >= 0.3 is 5.97 Å². The maximum absolute atomic E-state index is 11.5. The SMILES string of the molecule is Cc1ccc(CN2CC[C@@H](N(C)C)C[C@@H]2C(=O)O)cc1. The van der Waals surface area contributed by atoms with Crippen molar-refractivity contribution in [3.8, 4) is 0 Å². The highest BCUT2D eigenvalue weighted by atomic mass is 16.4. The third-order valence-electron chi connectivity index (χ3n) is 4.21. The van der Waals surface area contributed by atoms with Gasteiger partial charge in [0.25, 0.3) is 0 Å². The molecule has 4 heteroatoms. The van der Waals surface area contributed by atoms with Gasteiger partial charge in [-0.2, -0.15) is 0 Å². The fraction of sp³-hybridized carbons (Fsp3) is 0.562. The van der Waals surface area contributed by atoms with Crippen molar-refractivity contribution in [1.82, 2.24) is 9.80 Å². The number of aliphatic carboxylic acids is 1. The van der Waals surface area contributed by atoms with Crippen LogP contribution >= 0.6 is 0 Å². The minimum absolute atomic E-state index is 0.366. The van der Waals surface area contributed by atoms with Crippen LogP contribution in [-0.4, -0.2) is 53.6 Å². The topological polar surface area (TPSA) is 43.8 Å². The van der Waals surface area contributed by atoms with Crippen molar-refractivity contribution in [2.75, 3.05) is 20.6 Å². The average molecular weight is 276 g/mol. The van der Waals surface area contributed by atoms with Crippen molar-refractivity contribution in [3.63, 3.8) is 0 Å². The molecule has 0 bridgehead atoms. The van der Waals surface area contributed by atoms with Gasteiger partial charge in [0.1, 0.15) is 6.04 Å². The van der Waals surface area contributed by atoms with E-state index in [1.807, 2.05) is 14.1 Å². The first-order valence-corrected chi connectivity index (χ1v) is 7.16. The van der Waals surface area contributed by atoms with Gasteiger partial charge in [-0.25, -0.2) is 0 Å². The molecular formula is C16H24N2O2. The molecule has 2 atom stereocenters. The lowest BCUT2D eigenvalue weighted by Crippen LogP contribution is -2.51. The highest BCUT2D eigenvalue weighted by molar-refractivity contribution is 5.73. The number of piperidine rings is 1. The van der Waals surface area contributed by atoms with E-state index >= 15 is 0 Å². The van der Waals surface area contributed by atoms with Gasteiger partial charge in [-0.3, -0.25) is 9.69 Å². The number of carboxylic acids is 1. The summed E-state index contributed by atoms with van der Waals surface area (Å²) in [6, 6.07) is 8.33. The maximum atomic E-state index is 11.5. The summed E-state index contributed by atoms with van der Waals surface area (Å²) in [6.45, 7) is 3.62. The summed E-state index contributed by atoms with van der Waals surface area (Å²) < 4.78 is 0. The summed E-state index contributed by atoms with van der Waals surface area (Å²) in [7, 11) is 4.05. The van der Waals surface area contributed by atoms with Gasteiger partial charge < -0.3 is 10.0 Å². The second-order valence-electron chi connectivity index (χ2n) is 5.95. The minimum Gasteiger partial charge on any atom is -0.480 e. The van der Waals surface area contributed by atoms with Crippen molar-refractivity contribution in [1.29, 1.82) is 0 Å². The minimum atomic E-state index is -0.705. The van der Waals surface area contributed by atoms with Gasteiger partial charge in [0.2, 0.25) is 0 Å². The molecule has 0 amide bonds. The molecule has 0 aromatic heterocycles. The normalized spacial score (nSPS) is 24.0. The Hall–Kier alpha value is -1.39. The zero-order valence-corrected chi connectivity index (χ0v) is 12.5. The fourth-order valence-electron chi connectivity index (χ4n) is 2.84. The van der Waals surface area contributed by atoms with Crippen LogP contribution in [0.2, 0.25) is 0 Å². The molecule has 0 spiro atoms. The Kier molecular flexibility index (Phi) is 4.78. The van der Waals surface area contributed by atoms with E-state index in [2.05, 4.69) is 41.0 Å². The molecule has 0 aliphatic carbocycles. The van der Waals surface area contributed by atoms with Crippen molar-refractivity contribution in [2.45, 2.75) is 38.4 Å². The van der Waals surface area contributed by atoms with E-state index in [-0.39, 0.29) is 6.04 Å². The Balaban J connectivity index is 2.06. The summed E-state index contributed by atoms with van der Waals surface area (Å²) in [5.74, 6) is -0.705. The number of carbonyl (C=O) groups is 1. The Bertz CT molecular complexity index is 456. The van der Waals surface area contributed by atoms with Crippen LogP contribution in [0.5, 0.6) is 0 Å². The van der Waals surface area contributed by atoms with E-state index in [4.69, 9.17) is 0 Å². The highest BCUT2D eigenvalue weighted by Crippen LogP contribution is 2.23. The van der Waals surface area contributed by atoms with Crippen molar-refractivity contribution < 1.29 is 9.90 Å². The summed E-state index contributed by atoms with van der Waals surface area (Å²) in [5, 5.41) is 9.47. The lowest BCUT2D eigenvalue weighted by atomic mass is 9.95. The molecule has 1 aromatic rings. The molecule has 1 N–H and O–H groups in total. The monoisotopic (exact) mass is 276 g/mol. The summed E-state index contributed by atoms with van der Waals surface area (Å²) in [6.07, 6.45) is 1.73. The van der Waals surface area contributed by atoms with Crippen LogP contribution in [0.4, 0.5) is 0 Å². The maximum Gasteiger partial charge on any atom is 0.320 e. The Morgan fingerprint density at radius 1 is 1.35 bits per heavy atom. The zero-order valence-electron chi connectivity index (χ0n) is 12.5. The van der Waals surface area contributed by atoms with Gasteiger partial charge in [0.05, 0.1) is 0 Å². The lowest BCUT2D eigenvalue weighted by molar-refractivity contribution is -0.145. The molecule has 1 saturated heterocycles. The van der Waals surface area contributed by atoms with Gasteiger partial charge in [-0.05, 0) is 39.4 Å². The van der Waals surface area contributed by atoms with E-state index in [0.29, 0.717) is 12.5 Å². The number of nitrogens with zero attached hydrogens (tertiary/aromatic N) is 2. The van der Waals surface area contributed by atoms with Crippen LogP contribution in [0.25, 0.3) is 0 Å². The standard InChI is InChI=1S/C16H24N2O2/c1-12-4-6-13(7-5-12)11-18-9-8-14(17(2)3)10-15(18)16(19)20/h4-7,14-15H,8-11H2,1-3H3,(H,19,20)/t14-,15-/m1/s1. The molecule has 0 radical (unpaired) electrons. The van der Waals surface area contributed by atoms with Crippen LogP contribution in [0, 0.1) is 6.92 Å². The van der Waals surface area contributed by atoms with E-state index in [1.54, 1.807) is 0 Å². The molecule has 0 unspecified atom stereocenters. The van der Waals surface area contributed by atoms with Crippen molar-refractivity contribution in [3.05, 3.63) is 35.4 Å². The molecular weight excluding hydrogens is 252 g/mol. The van der Waals surface area contributed by atoms with E-state index in [0.717, 1.165) is 19.5 Å². The number of benzene rings is 1. The Labute approximate surface area is 121 Å². The number of likely N-dealkylation sites (tertiary alicyclic amines) is 1. The third kappa shape index (κ3) is 3.58. The fourth-order valence-corrected chi connectivity index (χ4v) is 2.84. The predicted octanol–water partition coefficient (Wildman–Crippen LogP) is 1.97. The first-order valence-electron chi connectivity index (χ1n) is 7.16. The highest BCUT2D eigenvalue weighted by Gasteiger charge is 2.33. The molecule has 1 heterocycles. The van der Waals surface area contributed by atoms with Crippen LogP contribution in [0.1, 0.15) is 24.0 Å². The molecule has 1 fully saturated rings. The predicted molar refractivity (Wildman–Crippen MR) is 79.7 cm³/mol. The quantitative estimate of drug-likeness (QED) is 0.913. The lowest BCUT2D eigenvalue weighted by Gasteiger charge is -2.39. The van der Waals surface area contributed by atoms with Crippen LogP contribution in [0.3, 0.4) is 0 Å². The summed E-state index contributed by atoms with van der Waals surface area (Å²) in [4.78, 5) is 15.7. The third-order valence-corrected chi connectivity index (χ3v) is 4.21. The second-order valence-corrected chi connectivity index (χ2v) is 5.95. The van der Waals surface area contributed by atoms with Gasteiger partial charge in [0, 0.05) is 19.1 Å². The number of aryl methyl sites for hydroxylation is 1. The first-order chi connectivity index (χ1) is 9.47. The van der Waals surface area contributed by atoms with Crippen molar-refractivity contribution in [2.24, 2.45) is 0 Å². The molecule has 0 saturated carbocycles. The average Bonchev–Trinajstić information content (AvgIpc) is 2.41. The number of hydrogen-bond donors (Lipinski definition) is 1. The molecule has 2 rings (SSSR count). The van der Waals surface area contributed by atoms with Crippen LogP contribution in [-0.2, 0) is 11.3 Å². The smallest absolute Gasteiger partial charge is 0.320 e. The van der Waals surface area contributed by atoms with E-state index in [9.17, 15) is 9.90 Å².